The molecule has 0 amide bonds. The second-order valence-corrected chi connectivity index (χ2v) is 6.31. The molecule has 0 aromatic heterocycles. The fourth-order valence-electron chi connectivity index (χ4n) is 2.66. The van der Waals surface area contributed by atoms with Crippen LogP contribution in [0.25, 0.3) is 0 Å². The van der Waals surface area contributed by atoms with Crippen molar-refractivity contribution in [3.8, 4) is 5.75 Å². The molecule has 0 saturated heterocycles. The molecule has 0 aliphatic rings. The molecule has 0 aliphatic heterocycles. The molecule has 0 heterocycles. The average Bonchev–Trinajstić information content (AvgIpc) is 2.64. The van der Waals surface area contributed by atoms with Crippen LogP contribution in [0.15, 0.2) is 54.3 Å². The zero-order valence-corrected chi connectivity index (χ0v) is 19.8. The number of halogens is 3. The van der Waals surface area contributed by atoms with Gasteiger partial charge in [-0.25, -0.2) is 0 Å². The first-order valence-corrected chi connectivity index (χ1v) is 8.63. The minimum absolute atomic E-state index is 0. The van der Waals surface area contributed by atoms with Crippen LogP contribution in [0.1, 0.15) is 24.0 Å². The number of aliphatic hydroxyl groups excluding tert-OH is 1. The van der Waals surface area contributed by atoms with Crippen molar-refractivity contribution in [2.45, 2.75) is 37.9 Å². The summed E-state index contributed by atoms with van der Waals surface area (Å²) in [5.41, 5.74) is 2.11. The van der Waals surface area contributed by atoms with Crippen molar-refractivity contribution in [1.29, 1.82) is 0 Å². The second kappa shape index (κ2) is 11.4. The molecule has 2 aromatic rings. The van der Waals surface area contributed by atoms with Gasteiger partial charge in [0.2, 0.25) is 0 Å². The van der Waals surface area contributed by atoms with E-state index in [9.17, 15) is 13.2 Å². The Kier molecular flexibility index (Phi) is 9.98. The van der Waals surface area contributed by atoms with Crippen LogP contribution in [-0.4, -0.2) is 24.4 Å². The molecule has 1 atom stereocenters. The summed E-state index contributed by atoms with van der Waals surface area (Å²) in [4.78, 5) is 0. The summed E-state index contributed by atoms with van der Waals surface area (Å²) in [6, 6.07) is 12.0. The van der Waals surface area contributed by atoms with Gasteiger partial charge in [-0.2, -0.15) is 13.2 Å². The number of methoxy groups -OCH3 is 1. The molecule has 7 heteroatoms. The summed E-state index contributed by atoms with van der Waals surface area (Å²) in [6.07, 6.45) is -3.29. The van der Waals surface area contributed by atoms with Crippen molar-refractivity contribution in [2.75, 3.05) is 12.4 Å². The average molecular weight is 616 g/mol. The standard InChI is InChI=1S/C21H23F3NO2.U/c1-15(26)3-4-16-5-10-18(11-6-16)25-20(21(22,23)24)14-9-17-7-12-19(27-2)13-8-17;/h1,5-8,10-13,20,25-26H,3-4,9,14H2,2H3;/q-1;. The number of rotatable bonds is 9. The van der Waals surface area contributed by atoms with E-state index in [0.717, 1.165) is 11.1 Å². The molecule has 28 heavy (non-hydrogen) atoms. The molecule has 0 saturated carbocycles. The number of hydrogen-bond acceptors (Lipinski definition) is 3. The smallest absolute Gasteiger partial charge is 0.408 e. The molecular formula is C21H23F3NO2U-. The minimum atomic E-state index is -4.36. The van der Waals surface area contributed by atoms with Gasteiger partial charge in [0.25, 0.3) is 0 Å². The number of alkyl halides is 3. The summed E-state index contributed by atoms with van der Waals surface area (Å²) < 4.78 is 45.2. The van der Waals surface area contributed by atoms with Gasteiger partial charge in [-0.15, -0.1) is 0 Å². The Bertz CT molecular complexity index is 731. The summed E-state index contributed by atoms with van der Waals surface area (Å²) in [6.45, 7) is 5.21. The molecule has 2 aromatic carbocycles. The van der Waals surface area contributed by atoms with E-state index in [1.807, 2.05) is 0 Å². The van der Waals surface area contributed by atoms with E-state index in [-0.39, 0.29) is 43.3 Å². The molecule has 0 spiro atoms. The van der Waals surface area contributed by atoms with Crippen molar-refractivity contribution < 1.29 is 54.1 Å². The van der Waals surface area contributed by atoms with Crippen molar-refractivity contribution in [2.24, 2.45) is 0 Å². The van der Waals surface area contributed by atoms with Gasteiger partial charge < -0.3 is 21.7 Å². The van der Waals surface area contributed by atoms with Gasteiger partial charge in [0.15, 0.2) is 0 Å². The summed E-state index contributed by atoms with van der Waals surface area (Å²) in [7, 11) is 1.54. The Hall–Kier alpha value is -1.58. The number of nitrogens with one attached hydrogen (secondary N) is 1. The van der Waals surface area contributed by atoms with Crippen molar-refractivity contribution in [3.63, 3.8) is 0 Å². The van der Waals surface area contributed by atoms with Gasteiger partial charge in [-0.05, 0) is 61.1 Å². The maximum absolute atomic E-state index is 13.4. The first-order chi connectivity index (χ1) is 12.8. The number of allylic oxidation sites excluding steroid dienone is 1. The molecule has 0 fully saturated rings. The minimum Gasteiger partial charge on any atom is -0.549 e. The van der Waals surface area contributed by atoms with Crippen LogP contribution in [0.3, 0.4) is 0 Å². The monoisotopic (exact) mass is 616 g/mol. The molecular weight excluding hydrogens is 593 g/mol. The number of hydrogen-bond donors (Lipinski definition) is 2. The predicted octanol–water partition coefficient (Wildman–Crippen LogP) is 5.48. The summed E-state index contributed by atoms with van der Waals surface area (Å²) in [5, 5.41) is 11.6. The third-order valence-corrected chi connectivity index (χ3v) is 4.24. The molecule has 0 bridgehead atoms. The topological polar surface area (TPSA) is 41.5 Å². The summed E-state index contributed by atoms with van der Waals surface area (Å²) in [5.74, 6) is 0.512. The number of benzene rings is 2. The Labute approximate surface area is 187 Å². The van der Waals surface area contributed by atoms with Crippen LogP contribution in [0, 0.1) is 37.7 Å². The van der Waals surface area contributed by atoms with E-state index < -0.39 is 12.2 Å². The molecule has 2 rings (SSSR count). The Morgan fingerprint density at radius 2 is 1.57 bits per heavy atom. The number of anilines is 1. The van der Waals surface area contributed by atoms with E-state index in [0.29, 0.717) is 30.7 Å². The summed E-state index contributed by atoms with van der Waals surface area (Å²) >= 11 is 0. The van der Waals surface area contributed by atoms with E-state index >= 15 is 0 Å². The second-order valence-electron chi connectivity index (χ2n) is 6.31. The first kappa shape index (κ1) is 24.5. The van der Waals surface area contributed by atoms with Gasteiger partial charge in [0, 0.05) is 36.8 Å². The SMILES string of the molecule is [CH-]=C(O)CCc1ccc(NC(CCc2ccc(OC)cc2)C(F)(F)F)cc1.[U]. The Morgan fingerprint density at radius 1 is 1.04 bits per heavy atom. The Morgan fingerprint density at radius 3 is 2.07 bits per heavy atom. The zero-order valence-electron chi connectivity index (χ0n) is 15.6. The fourth-order valence-corrected chi connectivity index (χ4v) is 2.66. The zero-order chi connectivity index (χ0) is 19.9. The maximum atomic E-state index is 13.4. The van der Waals surface area contributed by atoms with Crippen LogP contribution in [-0.2, 0) is 12.8 Å². The molecule has 0 aliphatic carbocycles. The van der Waals surface area contributed by atoms with Crippen molar-refractivity contribution in [1.82, 2.24) is 0 Å². The van der Waals surface area contributed by atoms with Crippen LogP contribution >= 0.6 is 0 Å². The number of aryl methyl sites for hydroxylation is 2. The molecule has 1 unspecified atom stereocenters. The number of ether oxygens (including phenoxy) is 1. The van der Waals surface area contributed by atoms with Crippen molar-refractivity contribution in [3.05, 3.63) is 72.0 Å². The molecule has 0 radical (unpaired) electrons. The van der Waals surface area contributed by atoms with Gasteiger partial charge in [-0.1, -0.05) is 30.0 Å². The molecule has 2 N–H and O–H groups in total. The normalized spacial score (nSPS) is 12.0. The fraction of sp³-hybridized carbons (Fsp3) is 0.333. The third-order valence-electron chi connectivity index (χ3n) is 4.24. The van der Waals surface area contributed by atoms with Crippen LogP contribution in [0.2, 0.25) is 0 Å². The van der Waals surface area contributed by atoms with E-state index in [2.05, 4.69) is 5.32 Å². The quantitative estimate of drug-likeness (QED) is 0.290. The van der Waals surface area contributed by atoms with E-state index in [4.69, 9.17) is 16.4 Å². The van der Waals surface area contributed by atoms with Crippen LogP contribution in [0.5, 0.6) is 5.75 Å². The first-order valence-electron chi connectivity index (χ1n) is 8.63. The van der Waals surface area contributed by atoms with Crippen LogP contribution in [0.4, 0.5) is 18.9 Å². The molecule has 3 nitrogen and oxygen atoms in total. The largest absolute Gasteiger partial charge is 0.549 e. The van der Waals surface area contributed by atoms with Gasteiger partial charge in [0.05, 0.1) is 7.11 Å². The van der Waals surface area contributed by atoms with E-state index in [1.165, 1.54) is 0 Å². The van der Waals surface area contributed by atoms with Crippen LogP contribution < -0.4 is 10.1 Å². The van der Waals surface area contributed by atoms with Gasteiger partial charge in [0.1, 0.15) is 11.8 Å². The van der Waals surface area contributed by atoms with Gasteiger partial charge in [-0.3, -0.25) is 0 Å². The molecule has 150 valence electrons. The predicted molar refractivity (Wildman–Crippen MR) is 100.0 cm³/mol. The van der Waals surface area contributed by atoms with Crippen molar-refractivity contribution >= 4 is 5.69 Å². The van der Waals surface area contributed by atoms with Gasteiger partial charge >= 0.3 is 6.18 Å². The third kappa shape index (κ3) is 8.20. The maximum Gasteiger partial charge on any atom is 0.408 e. The Balaban J connectivity index is 0.00000392. The van der Waals surface area contributed by atoms with E-state index in [1.54, 1.807) is 55.6 Å². The number of aliphatic hydroxyl groups is 1.